The molecule has 2 aliphatic heterocycles. The summed E-state index contributed by atoms with van der Waals surface area (Å²) in [7, 11) is 0. The second-order valence-electron chi connectivity index (χ2n) is 12.9. The van der Waals surface area contributed by atoms with Crippen LogP contribution in [0.4, 0.5) is 11.4 Å². The van der Waals surface area contributed by atoms with Crippen LogP contribution in [0, 0.1) is 0 Å². The molecule has 0 fully saturated rings. The van der Waals surface area contributed by atoms with Crippen LogP contribution in [0.25, 0.3) is 54.8 Å². The molecule has 2 heteroatoms. The average molecular weight is 523 g/mol. The highest BCUT2D eigenvalue weighted by Gasteiger charge is 2.51. The van der Waals surface area contributed by atoms with E-state index in [0.717, 1.165) is 0 Å². The molecule has 4 heterocycles. The summed E-state index contributed by atoms with van der Waals surface area (Å²) < 4.78 is 2.52. The van der Waals surface area contributed by atoms with E-state index >= 15 is 0 Å². The maximum Gasteiger partial charge on any atom is 0.0702 e. The van der Waals surface area contributed by atoms with Crippen molar-refractivity contribution in [3.63, 3.8) is 0 Å². The molecule has 2 aromatic heterocycles. The SMILES string of the molecule is CC1(C)c2c(ccc3c2C2=CC=CC4c5ccccc5N3C24)-c2ccc3c(c21)c1cccc2c4ccccc4n3c21. The average Bonchev–Trinajstić information content (AvgIpc) is 3.77. The Balaban J connectivity index is 1.25. The van der Waals surface area contributed by atoms with Crippen molar-refractivity contribution in [1.82, 2.24) is 4.40 Å². The first-order valence-electron chi connectivity index (χ1n) is 14.8. The van der Waals surface area contributed by atoms with Crippen LogP contribution in [0.3, 0.4) is 0 Å². The Bertz CT molecular complexity index is 2410. The van der Waals surface area contributed by atoms with Gasteiger partial charge in [0, 0.05) is 49.8 Å². The summed E-state index contributed by atoms with van der Waals surface area (Å²) in [5.41, 5.74) is 16.8. The number of aromatic nitrogens is 1. The Kier molecular flexibility index (Phi) is 3.36. The highest BCUT2D eigenvalue weighted by Crippen LogP contribution is 2.63. The molecule has 2 nitrogen and oxygen atoms in total. The molecule has 0 amide bonds. The van der Waals surface area contributed by atoms with Gasteiger partial charge in [-0.25, -0.2) is 0 Å². The van der Waals surface area contributed by atoms with Gasteiger partial charge in [-0.2, -0.15) is 0 Å². The molecule has 11 rings (SSSR count). The number of hydrogen-bond acceptors (Lipinski definition) is 1. The van der Waals surface area contributed by atoms with E-state index in [1.165, 1.54) is 88.4 Å². The molecule has 0 radical (unpaired) electrons. The van der Waals surface area contributed by atoms with Crippen molar-refractivity contribution >= 4 is 55.0 Å². The van der Waals surface area contributed by atoms with E-state index in [9.17, 15) is 0 Å². The lowest BCUT2D eigenvalue weighted by molar-refractivity contribution is 0.665. The minimum absolute atomic E-state index is 0.139. The number of hydrogen-bond donors (Lipinski definition) is 0. The third-order valence-electron chi connectivity index (χ3n) is 10.7. The lowest BCUT2D eigenvalue weighted by Gasteiger charge is -2.26. The summed E-state index contributed by atoms with van der Waals surface area (Å²) in [6.45, 7) is 4.94. The van der Waals surface area contributed by atoms with Gasteiger partial charge in [-0.15, -0.1) is 0 Å². The van der Waals surface area contributed by atoms with E-state index in [-0.39, 0.29) is 5.41 Å². The molecule has 5 aromatic carbocycles. The Morgan fingerprint density at radius 3 is 2.39 bits per heavy atom. The molecule has 192 valence electrons. The van der Waals surface area contributed by atoms with Gasteiger partial charge < -0.3 is 9.30 Å². The Hall–Kier alpha value is -4.82. The first kappa shape index (κ1) is 21.0. The summed E-state index contributed by atoms with van der Waals surface area (Å²) in [6.07, 6.45) is 7.11. The van der Waals surface area contributed by atoms with Crippen molar-refractivity contribution in [3.8, 4) is 11.1 Å². The summed E-state index contributed by atoms with van der Waals surface area (Å²) >= 11 is 0. The number of rotatable bonds is 0. The van der Waals surface area contributed by atoms with Crippen LogP contribution in [-0.2, 0) is 5.41 Å². The maximum atomic E-state index is 2.63. The maximum absolute atomic E-state index is 2.63. The molecule has 41 heavy (non-hydrogen) atoms. The molecule has 0 saturated carbocycles. The molecule has 2 unspecified atom stereocenters. The number of para-hydroxylation sites is 3. The molecule has 0 saturated heterocycles. The van der Waals surface area contributed by atoms with E-state index in [4.69, 9.17) is 0 Å². The first-order valence-corrected chi connectivity index (χ1v) is 14.8. The quantitative estimate of drug-likeness (QED) is 0.192. The highest BCUT2D eigenvalue weighted by atomic mass is 15.2. The van der Waals surface area contributed by atoms with Crippen molar-refractivity contribution in [3.05, 3.63) is 131 Å². The molecule has 0 bridgehead atoms. The minimum Gasteiger partial charge on any atom is -0.332 e. The molecule has 7 aromatic rings. The predicted molar refractivity (Wildman–Crippen MR) is 171 cm³/mol. The second-order valence-corrected chi connectivity index (χ2v) is 12.9. The van der Waals surface area contributed by atoms with Gasteiger partial charge in [0.25, 0.3) is 0 Å². The van der Waals surface area contributed by atoms with Gasteiger partial charge in [0.05, 0.1) is 22.6 Å². The fourth-order valence-corrected chi connectivity index (χ4v) is 9.38. The van der Waals surface area contributed by atoms with Gasteiger partial charge in [-0.05, 0) is 57.7 Å². The lowest BCUT2D eigenvalue weighted by Crippen LogP contribution is -2.26. The third-order valence-corrected chi connectivity index (χ3v) is 10.7. The van der Waals surface area contributed by atoms with Crippen LogP contribution < -0.4 is 4.90 Å². The zero-order valence-corrected chi connectivity index (χ0v) is 22.9. The zero-order chi connectivity index (χ0) is 26.8. The smallest absolute Gasteiger partial charge is 0.0702 e. The highest BCUT2D eigenvalue weighted by molar-refractivity contribution is 6.25. The van der Waals surface area contributed by atoms with Crippen molar-refractivity contribution in [2.24, 2.45) is 0 Å². The van der Waals surface area contributed by atoms with Gasteiger partial charge in [0.1, 0.15) is 0 Å². The molecular formula is C39H26N2. The fourth-order valence-electron chi connectivity index (χ4n) is 9.38. The standard InChI is InChI=1S/C39H26N2/c1-39(2)35-23(17-19-31-33(35)27-13-7-11-25-21-9-3-5-15-29(21)40(31)37(25)27)24-18-20-32-34(36(24)39)28-14-8-12-26-22-10-4-6-16-30(22)41(32)38(26)28/h3-20,25,37H,1-2H3. The van der Waals surface area contributed by atoms with Crippen molar-refractivity contribution < 1.29 is 0 Å². The Labute approximate surface area is 237 Å². The van der Waals surface area contributed by atoms with Crippen LogP contribution in [0.1, 0.15) is 42.0 Å². The summed E-state index contributed by atoms with van der Waals surface area (Å²) in [5, 5.41) is 5.48. The van der Waals surface area contributed by atoms with Crippen LogP contribution in [0.5, 0.6) is 0 Å². The van der Waals surface area contributed by atoms with E-state index in [2.05, 4.69) is 132 Å². The molecule has 2 atom stereocenters. The molecule has 0 spiro atoms. The van der Waals surface area contributed by atoms with Crippen LogP contribution in [-0.4, -0.2) is 10.4 Å². The number of allylic oxidation sites excluding steroid dienone is 2. The monoisotopic (exact) mass is 522 g/mol. The normalized spacial score (nSPS) is 20.6. The van der Waals surface area contributed by atoms with Gasteiger partial charge in [0.2, 0.25) is 0 Å². The van der Waals surface area contributed by atoms with Crippen molar-refractivity contribution in [2.75, 3.05) is 4.90 Å². The topological polar surface area (TPSA) is 7.65 Å². The van der Waals surface area contributed by atoms with Crippen LogP contribution >= 0.6 is 0 Å². The molecule has 2 aliphatic carbocycles. The fraction of sp³-hybridized carbons (Fsp3) is 0.128. The minimum atomic E-state index is -0.139. The van der Waals surface area contributed by atoms with Crippen molar-refractivity contribution in [2.45, 2.75) is 31.2 Å². The van der Waals surface area contributed by atoms with Gasteiger partial charge >= 0.3 is 0 Å². The van der Waals surface area contributed by atoms with E-state index < -0.39 is 0 Å². The summed E-state index contributed by atoms with van der Waals surface area (Å²) in [4.78, 5) is 2.63. The number of anilines is 2. The van der Waals surface area contributed by atoms with Gasteiger partial charge in [-0.3, -0.25) is 0 Å². The van der Waals surface area contributed by atoms with E-state index in [1.54, 1.807) is 0 Å². The third kappa shape index (κ3) is 2.12. The van der Waals surface area contributed by atoms with E-state index in [1.807, 2.05) is 0 Å². The van der Waals surface area contributed by atoms with E-state index in [0.29, 0.717) is 12.0 Å². The van der Waals surface area contributed by atoms with Crippen LogP contribution in [0.2, 0.25) is 0 Å². The predicted octanol–water partition coefficient (Wildman–Crippen LogP) is 9.71. The molecule has 4 aliphatic rings. The Morgan fingerprint density at radius 1 is 0.659 bits per heavy atom. The second kappa shape index (κ2) is 6.56. The van der Waals surface area contributed by atoms with Crippen LogP contribution in [0.15, 0.2) is 109 Å². The molecule has 0 N–H and O–H groups in total. The summed E-state index contributed by atoms with van der Waals surface area (Å²) in [5.74, 6) is 0.405. The van der Waals surface area contributed by atoms with Gasteiger partial charge in [0.15, 0.2) is 0 Å². The number of fused-ring (bicyclic) bond motifs is 17. The largest absolute Gasteiger partial charge is 0.332 e. The Morgan fingerprint density at radius 2 is 1.44 bits per heavy atom. The molecular weight excluding hydrogens is 496 g/mol. The summed E-state index contributed by atoms with van der Waals surface area (Å²) in [6, 6.07) is 34.7. The lowest BCUT2D eigenvalue weighted by atomic mass is 9.75. The zero-order valence-electron chi connectivity index (χ0n) is 22.9. The van der Waals surface area contributed by atoms with Gasteiger partial charge in [-0.1, -0.05) is 98.8 Å². The number of nitrogens with zero attached hydrogens (tertiary/aromatic N) is 2. The van der Waals surface area contributed by atoms with Crippen molar-refractivity contribution in [1.29, 1.82) is 0 Å². The first-order chi connectivity index (χ1) is 20.1. The number of benzene rings is 5.